The van der Waals surface area contributed by atoms with Gasteiger partial charge in [-0.2, -0.15) is 0 Å². The molecule has 2 atom stereocenters. The molecule has 4 heteroatoms. The topological polar surface area (TPSA) is 23.6 Å². The Morgan fingerprint density at radius 1 is 1.06 bits per heavy atom. The second-order valence-corrected chi connectivity index (χ2v) is 12.2. The molecule has 1 saturated carbocycles. The normalized spacial score (nSPS) is 26.9. The SMILES string of the molecule is CCC1(C)CCC(N2CCC(c3ccc(-c4cc(C)c(C(=O)N5CCCC5)s4)cc3)CC2)C1. The second kappa shape index (κ2) is 9.54. The van der Waals surface area contributed by atoms with E-state index in [9.17, 15) is 4.79 Å². The largest absolute Gasteiger partial charge is 0.338 e. The summed E-state index contributed by atoms with van der Waals surface area (Å²) in [6, 6.07) is 12.3. The maximum Gasteiger partial charge on any atom is 0.264 e. The van der Waals surface area contributed by atoms with Crippen LogP contribution in [0, 0.1) is 12.3 Å². The highest BCUT2D eigenvalue weighted by Crippen LogP contribution is 2.44. The van der Waals surface area contributed by atoms with E-state index in [-0.39, 0.29) is 5.91 Å². The van der Waals surface area contributed by atoms with Gasteiger partial charge in [-0.25, -0.2) is 0 Å². The third-order valence-corrected chi connectivity index (χ3v) is 10.2. The first-order valence-corrected chi connectivity index (χ1v) is 14.0. The lowest BCUT2D eigenvalue weighted by molar-refractivity contribution is 0.0797. The first kappa shape index (κ1) is 23.1. The predicted octanol–water partition coefficient (Wildman–Crippen LogP) is 7.11. The van der Waals surface area contributed by atoms with Crippen molar-refractivity contribution in [2.75, 3.05) is 26.2 Å². The van der Waals surface area contributed by atoms with Crippen molar-refractivity contribution in [3.8, 4) is 10.4 Å². The molecule has 1 amide bonds. The van der Waals surface area contributed by atoms with Crippen molar-refractivity contribution in [3.05, 3.63) is 46.3 Å². The number of aryl methyl sites for hydroxylation is 1. The van der Waals surface area contributed by atoms with E-state index < -0.39 is 0 Å². The molecule has 33 heavy (non-hydrogen) atoms. The van der Waals surface area contributed by atoms with E-state index >= 15 is 0 Å². The zero-order valence-electron chi connectivity index (χ0n) is 20.7. The lowest BCUT2D eigenvalue weighted by Gasteiger charge is -2.37. The molecule has 3 fully saturated rings. The van der Waals surface area contributed by atoms with Crippen LogP contribution < -0.4 is 0 Å². The molecular weight excluding hydrogens is 424 g/mol. The molecule has 0 N–H and O–H groups in total. The molecule has 3 aliphatic rings. The van der Waals surface area contributed by atoms with Crippen LogP contribution in [-0.4, -0.2) is 47.9 Å². The van der Waals surface area contributed by atoms with Gasteiger partial charge in [-0.3, -0.25) is 4.79 Å². The molecule has 178 valence electrons. The number of carbonyl (C=O) groups is 1. The number of thiophene rings is 1. The molecule has 2 saturated heterocycles. The van der Waals surface area contributed by atoms with E-state index in [2.05, 4.69) is 56.0 Å². The molecule has 0 radical (unpaired) electrons. The number of benzene rings is 1. The third kappa shape index (κ3) is 4.79. The van der Waals surface area contributed by atoms with Gasteiger partial charge in [0.25, 0.3) is 5.91 Å². The highest BCUT2D eigenvalue weighted by Gasteiger charge is 2.37. The monoisotopic (exact) mass is 464 g/mol. The smallest absolute Gasteiger partial charge is 0.264 e. The van der Waals surface area contributed by atoms with Crippen molar-refractivity contribution < 1.29 is 4.79 Å². The van der Waals surface area contributed by atoms with Crippen molar-refractivity contribution in [3.63, 3.8) is 0 Å². The average molecular weight is 465 g/mol. The van der Waals surface area contributed by atoms with Gasteiger partial charge in [0, 0.05) is 24.0 Å². The van der Waals surface area contributed by atoms with E-state index in [0.717, 1.165) is 42.4 Å². The average Bonchev–Trinajstić information content (AvgIpc) is 3.60. The predicted molar refractivity (Wildman–Crippen MR) is 139 cm³/mol. The van der Waals surface area contributed by atoms with Crippen molar-refractivity contribution in [2.45, 2.75) is 84.1 Å². The van der Waals surface area contributed by atoms with E-state index in [1.165, 1.54) is 67.6 Å². The number of nitrogens with zero attached hydrogens (tertiary/aromatic N) is 2. The zero-order valence-corrected chi connectivity index (χ0v) is 21.6. The molecule has 0 bridgehead atoms. The summed E-state index contributed by atoms with van der Waals surface area (Å²) in [6.45, 7) is 11.3. The van der Waals surface area contributed by atoms with Gasteiger partial charge in [-0.15, -0.1) is 11.3 Å². The van der Waals surface area contributed by atoms with E-state index in [1.54, 1.807) is 11.3 Å². The first-order valence-electron chi connectivity index (χ1n) is 13.2. The first-order chi connectivity index (χ1) is 16.0. The fraction of sp³-hybridized carbons (Fsp3) is 0.621. The van der Waals surface area contributed by atoms with Crippen LogP contribution in [0.2, 0.25) is 0 Å². The number of hydrogen-bond acceptors (Lipinski definition) is 3. The van der Waals surface area contributed by atoms with Crippen LogP contribution in [0.1, 0.15) is 91.9 Å². The zero-order chi connectivity index (χ0) is 23.0. The highest BCUT2D eigenvalue weighted by molar-refractivity contribution is 7.17. The molecule has 1 aliphatic carbocycles. The van der Waals surface area contributed by atoms with Crippen molar-refractivity contribution in [1.29, 1.82) is 0 Å². The number of rotatable bonds is 5. The number of amides is 1. The molecule has 5 rings (SSSR count). The fourth-order valence-electron chi connectivity index (χ4n) is 6.34. The van der Waals surface area contributed by atoms with Crippen LogP contribution in [0.3, 0.4) is 0 Å². The van der Waals surface area contributed by atoms with Crippen LogP contribution in [0.25, 0.3) is 10.4 Å². The Kier molecular flexibility index (Phi) is 6.68. The van der Waals surface area contributed by atoms with Crippen LogP contribution >= 0.6 is 11.3 Å². The third-order valence-electron chi connectivity index (χ3n) is 8.88. The van der Waals surface area contributed by atoms with E-state index in [1.807, 2.05) is 4.90 Å². The number of piperidine rings is 1. The maximum absolute atomic E-state index is 12.9. The van der Waals surface area contributed by atoms with Gasteiger partial charge in [-0.05, 0) is 99.0 Å². The van der Waals surface area contributed by atoms with Crippen molar-refractivity contribution >= 4 is 17.2 Å². The Balaban J connectivity index is 1.20. The van der Waals surface area contributed by atoms with Gasteiger partial charge < -0.3 is 9.80 Å². The van der Waals surface area contributed by atoms with Crippen molar-refractivity contribution in [2.24, 2.45) is 5.41 Å². The minimum atomic E-state index is 0.228. The fourth-order valence-corrected chi connectivity index (χ4v) is 7.48. The van der Waals surface area contributed by atoms with Crippen molar-refractivity contribution in [1.82, 2.24) is 9.80 Å². The molecular formula is C29H40N2OS. The van der Waals surface area contributed by atoms with Gasteiger partial charge in [0.05, 0.1) is 4.88 Å². The number of carbonyl (C=O) groups excluding carboxylic acids is 1. The molecule has 3 nitrogen and oxygen atoms in total. The summed E-state index contributed by atoms with van der Waals surface area (Å²) in [5.41, 5.74) is 4.44. The Morgan fingerprint density at radius 3 is 2.39 bits per heavy atom. The summed E-state index contributed by atoms with van der Waals surface area (Å²) in [6.07, 6.45) is 10.4. The molecule has 2 unspecified atom stereocenters. The standard InChI is InChI=1S/C29H40N2OS/c1-4-29(3)14-11-25(20-29)30-17-12-23(13-18-30)22-7-9-24(10-8-22)26-19-21(2)27(33-26)28(32)31-15-5-6-16-31/h7-10,19,23,25H,4-6,11-18,20H2,1-3H3. The quantitative estimate of drug-likeness (QED) is 0.471. The number of likely N-dealkylation sites (tertiary alicyclic amines) is 2. The molecule has 3 heterocycles. The molecule has 2 aliphatic heterocycles. The summed E-state index contributed by atoms with van der Waals surface area (Å²) >= 11 is 1.67. The van der Waals surface area contributed by atoms with Gasteiger partial charge in [0.2, 0.25) is 0 Å². The molecule has 1 aromatic heterocycles. The molecule has 1 aromatic carbocycles. The summed E-state index contributed by atoms with van der Waals surface area (Å²) < 4.78 is 0. The minimum Gasteiger partial charge on any atom is -0.338 e. The van der Waals surface area contributed by atoms with E-state index in [0.29, 0.717) is 11.3 Å². The van der Waals surface area contributed by atoms with Gasteiger partial charge in [0.15, 0.2) is 0 Å². The van der Waals surface area contributed by atoms with Gasteiger partial charge in [-0.1, -0.05) is 44.5 Å². The molecule has 2 aromatic rings. The van der Waals surface area contributed by atoms with Crippen LogP contribution in [-0.2, 0) is 0 Å². The summed E-state index contributed by atoms with van der Waals surface area (Å²) in [4.78, 5) is 19.8. The lowest BCUT2D eigenvalue weighted by Crippen LogP contribution is -2.40. The van der Waals surface area contributed by atoms with Crippen LogP contribution in [0.15, 0.2) is 30.3 Å². The van der Waals surface area contributed by atoms with Gasteiger partial charge >= 0.3 is 0 Å². The summed E-state index contributed by atoms with van der Waals surface area (Å²) in [5.74, 6) is 0.915. The Hall–Kier alpha value is -1.65. The summed E-state index contributed by atoms with van der Waals surface area (Å²) in [5, 5.41) is 0. The Bertz CT molecular complexity index is 966. The van der Waals surface area contributed by atoms with E-state index in [4.69, 9.17) is 0 Å². The van der Waals surface area contributed by atoms with Crippen LogP contribution in [0.4, 0.5) is 0 Å². The summed E-state index contributed by atoms with van der Waals surface area (Å²) in [7, 11) is 0. The van der Waals surface area contributed by atoms with Gasteiger partial charge in [0.1, 0.15) is 0 Å². The highest BCUT2D eigenvalue weighted by atomic mass is 32.1. The Labute approximate surface area is 204 Å². The maximum atomic E-state index is 12.9. The van der Waals surface area contributed by atoms with Crippen LogP contribution in [0.5, 0.6) is 0 Å². The second-order valence-electron chi connectivity index (χ2n) is 11.1. The minimum absolute atomic E-state index is 0.228. The number of hydrogen-bond donors (Lipinski definition) is 0. The lowest BCUT2D eigenvalue weighted by atomic mass is 9.85. The molecule has 0 spiro atoms. The Morgan fingerprint density at radius 2 is 1.76 bits per heavy atom.